The highest BCUT2D eigenvalue weighted by Gasteiger charge is 2.17. The molecule has 0 aliphatic heterocycles. The lowest BCUT2D eigenvalue weighted by atomic mass is 10.0. The Hall–Kier alpha value is -6.64. The lowest BCUT2D eigenvalue weighted by molar-refractivity contribution is 1.18. The maximum absolute atomic E-state index is 9.14. The zero-order valence-electron chi connectivity index (χ0n) is 39.4. The third-order valence-corrected chi connectivity index (χ3v) is 9.27. The van der Waals surface area contributed by atoms with Crippen molar-refractivity contribution in [3.05, 3.63) is 194 Å². The van der Waals surface area contributed by atoms with Gasteiger partial charge in [0.25, 0.3) is 0 Å². The molecule has 0 spiro atoms. The number of rotatable bonds is 5. The minimum Gasteiger partial charge on any atom is -0.309 e. The molecule has 0 amide bonds. The van der Waals surface area contributed by atoms with Crippen LogP contribution < -0.4 is 0 Å². The number of fused-ring (bicyclic) bond motifs is 6. The molecule has 2 heteroatoms. The van der Waals surface area contributed by atoms with Crippen LogP contribution in [0, 0.1) is 0 Å². The van der Waals surface area contributed by atoms with Crippen LogP contribution >= 0.6 is 0 Å². The van der Waals surface area contributed by atoms with Gasteiger partial charge in [-0.15, -0.1) is 0 Å². The lowest BCUT2D eigenvalue weighted by Gasteiger charge is -2.14. The summed E-state index contributed by atoms with van der Waals surface area (Å²) < 4.78 is 116. The Balaban J connectivity index is 1.20. The third kappa shape index (κ3) is 4.50. The second kappa shape index (κ2) is 11.5. The van der Waals surface area contributed by atoms with E-state index in [1.807, 2.05) is 95.6 Å². The Kier molecular flexibility index (Phi) is 4.19. The van der Waals surface area contributed by atoms with Gasteiger partial charge < -0.3 is 9.13 Å². The monoisotopic (exact) mass is 649 g/mol. The number of hydrogen-bond donors (Lipinski definition) is 0. The zero-order chi connectivity index (χ0) is 44.3. The van der Waals surface area contributed by atoms with Gasteiger partial charge >= 0.3 is 0 Å². The fourth-order valence-corrected chi connectivity index (χ4v) is 7.02. The van der Waals surface area contributed by atoms with Gasteiger partial charge in [0.2, 0.25) is 0 Å². The summed E-state index contributed by atoms with van der Waals surface area (Å²) in [5, 5.41) is 1.78. The predicted molar refractivity (Wildman–Crippen MR) is 211 cm³/mol. The van der Waals surface area contributed by atoms with Gasteiger partial charge in [-0.3, -0.25) is 0 Å². The molecule has 2 heterocycles. The van der Waals surface area contributed by atoms with E-state index in [-0.39, 0.29) is 64.8 Å². The van der Waals surface area contributed by atoms with Crippen LogP contribution in [0.4, 0.5) is 0 Å². The summed E-state index contributed by atoms with van der Waals surface area (Å²) in [5.41, 5.74) is 6.70. The SMILES string of the molecule is [2H]c1c([2H])c([2H])c(-c2ccc(-n3c4ccc(-c5ccc6c(c5)c5c([2H])c([2H])c([2H])c([2H])c5n6-c5ccccc5-c5ccccc5)cc4c4c([2H])c([2H])c([2H])c([2H])c43)cc2)c([2H])c1[2H]. The molecule has 8 aromatic carbocycles. The van der Waals surface area contributed by atoms with Crippen LogP contribution in [-0.2, 0) is 0 Å². The normalized spacial score (nSPS) is 15.2. The van der Waals surface area contributed by atoms with E-state index in [2.05, 4.69) is 0 Å². The Bertz CT molecular complexity index is 3570. The number of para-hydroxylation sites is 3. The van der Waals surface area contributed by atoms with Crippen LogP contribution in [0.15, 0.2) is 194 Å². The first-order valence-corrected chi connectivity index (χ1v) is 16.1. The van der Waals surface area contributed by atoms with Crippen LogP contribution in [0.1, 0.15) is 17.8 Å². The molecule has 0 saturated carbocycles. The first kappa shape index (κ1) is 18.2. The molecule has 0 atom stereocenters. The van der Waals surface area contributed by atoms with E-state index in [0.29, 0.717) is 55.1 Å². The summed E-state index contributed by atoms with van der Waals surface area (Å²) in [4.78, 5) is 0. The molecule has 50 heavy (non-hydrogen) atoms. The lowest BCUT2D eigenvalue weighted by Crippen LogP contribution is -1.97. The quantitative estimate of drug-likeness (QED) is 0.176. The summed E-state index contributed by atoms with van der Waals surface area (Å²) >= 11 is 0. The van der Waals surface area contributed by atoms with Gasteiger partial charge in [0.1, 0.15) is 0 Å². The van der Waals surface area contributed by atoms with Crippen molar-refractivity contribution >= 4 is 43.6 Å². The van der Waals surface area contributed by atoms with Gasteiger partial charge in [-0.2, -0.15) is 0 Å². The van der Waals surface area contributed by atoms with Crippen LogP contribution in [0.25, 0.3) is 88.4 Å². The van der Waals surface area contributed by atoms with Crippen LogP contribution in [0.3, 0.4) is 0 Å². The molecule has 10 rings (SSSR count). The van der Waals surface area contributed by atoms with Crippen molar-refractivity contribution in [3.8, 4) is 44.8 Å². The van der Waals surface area contributed by atoms with Gasteiger partial charge in [0.15, 0.2) is 0 Å². The Morgan fingerprint density at radius 1 is 0.340 bits per heavy atom. The number of benzene rings is 8. The van der Waals surface area contributed by atoms with Gasteiger partial charge in [0, 0.05) is 32.8 Å². The molecule has 0 bridgehead atoms. The van der Waals surface area contributed by atoms with Crippen LogP contribution in [0.5, 0.6) is 0 Å². The van der Waals surface area contributed by atoms with Crippen molar-refractivity contribution in [1.29, 1.82) is 0 Å². The Labute approximate surface area is 309 Å². The van der Waals surface area contributed by atoms with Gasteiger partial charge in [0.05, 0.1) is 45.6 Å². The van der Waals surface area contributed by atoms with Crippen LogP contribution in [0.2, 0.25) is 0 Å². The van der Waals surface area contributed by atoms with Gasteiger partial charge in [-0.25, -0.2) is 0 Å². The highest BCUT2D eigenvalue weighted by Crippen LogP contribution is 2.40. The van der Waals surface area contributed by atoms with Crippen molar-refractivity contribution in [2.45, 2.75) is 0 Å². The molecule has 2 nitrogen and oxygen atoms in total. The Morgan fingerprint density at radius 3 is 1.56 bits per heavy atom. The highest BCUT2D eigenvalue weighted by atomic mass is 15.0. The molecule has 0 unspecified atom stereocenters. The topological polar surface area (TPSA) is 9.86 Å². The second-order valence-electron chi connectivity index (χ2n) is 12.0. The molecule has 0 saturated heterocycles. The molecule has 0 radical (unpaired) electrons. The van der Waals surface area contributed by atoms with E-state index in [9.17, 15) is 0 Å². The average molecular weight is 650 g/mol. The van der Waals surface area contributed by atoms with Gasteiger partial charge in [-0.1, -0.05) is 139 Å². The summed E-state index contributed by atoms with van der Waals surface area (Å²) in [5.74, 6) is 0. The molecule has 10 aromatic rings. The number of hydrogen-bond acceptors (Lipinski definition) is 0. The predicted octanol–water partition coefficient (Wildman–Crippen LogP) is 12.9. The summed E-state index contributed by atoms with van der Waals surface area (Å²) in [7, 11) is 0. The summed E-state index contributed by atoms with van der Waals surface area (Å²) in [6.45, 7) is 0. The molecular weight excluding hydrogens is 605 g/mol. The molecule has 2 aromatic heterocycles. The van der Waals surface area contributed by atoms with Crippen LogP contribution in [-0.4, -0.2) is 9.13 Å². The Morgan fingerprint density at radius 2 is 0.880 bits per heavy atom. The highest BCUT2D eigenvalue weighted by molar-refractivity contribution is 6.13. The smallest absolute Gasteiger partial charge is 0.0645 e. The van der Waals surface area contributed by atoms with E-state index >= 15 is 0 Å². The van der Waals surface area contributed by atoms with E-state index in [1.165, 1.54) is 0 Å². The second-order valence-corrected chi connectivity index (χ2v) is 12.0. The maximum Gasteiger partial charge on any atom is 0.0645 e. The minimum atomic E-state index is -0.492. The third-order valence-electron chi connectivity index (χ3n) is 9.27. The zero-order valence-corrected chi connectivity index (χ0v) is 26.4. The minimum absolute atomic E-state index is 0.0393. The average Bonchev–Trinajstić information content (AvgIpc) is 3.84. The molecule has 0 aliphatic carbocycles. The fourth-order valence-electron chi connectivity index (χ4n) is 7.02. The summed E-state index contributed by atoms with van der Waals surface area (Å²) in [6, 6.07) is 31.0. The van der Waals surface area contributed by atoms with Crippen molar-refractivity contribution in [2.75, 3.05) is 0 Å². The fraction of sp³-hybridized carbons (Fsp3) is 0. The molecular formula is C48H32N2. The molecule has 0 fully saturated rings. The van der Waals surface area contributed by atoms with Crippen molar-refractivity contribution in [1.82, 2.24) is 9.13 Å². The number of aromatic nitrogens is 2. The largest absolute Gasteiger partial charge is 0.309 e. The molecule has 234 valence electrons. The molecule has 0 aliphatic rings. The van der Waals surface area contributed by atoms with Crippen molar-refractivity contribution in [3.63, 3.8) is 0 Å². The molecule has 0 N–H and O–H groups in total. The first-order valence-electron chi connectivity index (χ1n) is 22.6. The standard InChI is InChI=1S/C48H32N2/c1-3-13-33(14-4-1)34-23-27-38(28-24-34)49-45-21-11-8-18-40(45)42-31-36(25-29-47(42)49)37-26-30-48-43(32-37)41-19-9-12-22-46(41)50(48)44-20-10-7-17-39(44)35-15-5-2-6-16-35/h1-32H/i1D,3D,4D,8D,9D,11D,12D,13D,14D,18D,19D,21D,22D. The van der Waals surface area contributed by atoms with E-state index in [4.69, 9.17) is 17.8 Å². The van der Waals surface area contributed by atoms with E-state index < -0.39 is 30.2 Å². The number of nitrogens with zero attached hydrogens (tertiary/aromatic N) is 2. The van der Waals surface area contributed by atoms with Crippen molar-refractivity contribution in [2.24, 2.45) is 0 Å². The van der Waals surface area contributed by atoms with E-state index in [1.54, 1.807) is 28.8 Å². The first-order chi connectivity index (χ1) is 30.2. The maximum atomic E-state index is 9.14. The van der Waals surface area contributed by atoms with E-state index in [0.717, 1.165) is 16.8 Å². The van der Waals surface area contributed by atoms with Crippen molar-refractivity contribution < 1.29 is 17.8 Å². The van der Waals surface area contributed by atoms with Gasteiger partial charge in [-0.05, 0) is 82.4 Å². The summed E-state index contributed by atoms with van der Waals surface area (Å²) in [6.07, 6.45) is 0.